The van der Waals surface area contributed by atoms with Crippen LogP contribution in [0.15, 0.2) is 24.3 Å². The highest BCUT2D eigenvalue weighted by molar-refractivity contribution is 7.99. The Balaban J connectivity index is 2.50. The lowest BCUT2D eigenvalue weighted by Crippen LogP contribution is -2.16. The van der Waals surface area contributed by atoms with Gasteiger partial charge in [-0.1, -0.05) is 36.8 Å². The van der Waals surface area contributed by atoms with E-state index in [2.05, 4.69) is 13.0 Å². The molecule has 1 aromatic carbocycles. The van der Waals surface area contributed by atoms with E-state index in [1.54, 1.807) is 0 Å². The molecule has 100 valence electrons. The number of rotatable bonds is 8. The van der Waals surface area contributed by atoms with E-state index < -0.39 is 5.97 Å². The molecular formula is C15H22O2S. The minimum Gasteiger partial charge on any atom is -0.481 e. The van der Waals surface area contributed by atoms with Crippen LogP contribution in [0.3, 0.4) is 0 Å². The largest absolute Gasteiger partial charge is 0.481 e. The van der Waals surface area contributed by atoms with Crippen LogP contribution in [0.1, 0.15) is 30.9 Å². The van der Waals surface area contributed by atoms with Crippen LogP contribution in [-0.2, 0) is 11.2 Å². The first-order chi connectivity index (χ1) is 8.63. The van der Waals surface area contributed by atoms with E-state index in [-0.39, 0.29) is 5.92 Å². The Morgan fingerprint density at radius 2 is 2.22 bits per heavy atom. The molecule has 0 aliphatic rings. The Morgan fingerprint density at radius 1 is 1.44 bits per heavy atom. The molecule has 0 spiro atoms. The van der Waals surface area contributed by atoms with Gasteiger partial charge in [0, 0.05) is 0 Å². The highest BCUT2D eigenvalue weighted by Gasteiger charge is 2.17. The number of aliphatic carboxylic acids is 1. The lowest BCUT2D eigenvalue weighted by atomic mass is 9.94. The summed E-state index contributed by atoms with van der Waals surface area (Å²) in [5.41, 5.74) is 2.32. The minimum absolute atomic E-state index is 0.246. The second-order valence-corrected chi connectivity index (χ2v) is 5.96. The van der Waals surface area contributed by atoms with Gasteiger partial charge in [0.15, 0.2) is 0 Å². The fourth-order valence-electron chi connectivity index (χ4n) is 2.01. The van der Waals surface area contributed by atoms with Crippen molar-refractivity contribution in [3.63, 3.8) is 0 Å². The first kappa shape index (κ1) is 15.1. The fourth-order valence-corrected chi connectivity index (χ4v) is 2.67. The summed E-state index contributed by atoms with van der Waals surface area (Å²) in [6.45, 7) is 4.17. The molecule has 18 heavy (non-hydrogen) atoms. The number of benzene rings is 1. The minimum atomic E-state index is -0.669. The summed E-state index contributed by atoms with van der Waals surface area (Å²) in [5, 5.41) is 9.25. The van der Waals surface area contributed by atoms with Crippen LogP contribution in [0.2, 0.25) is 0 Å². The average molecular weight is 266 g/mol. The highest BCUT2D eigenvalue weighted by atomic mass is 32.2. The van der Waals surface area contributed by atoms with Crippen LogP contribution < -0.4 is 0 Å². The van der Waals surface area contributed by atoms with Crippen LogP contribution in [0.4, 0.5) is 0 Å². The monoisotopic (exact) mass is 266 g/mol. The lowest BCUT2D eigenvalue weighted by molar-refractivity contribution is -0.141. The van der Waals surface area contributed by atoms with Gasteiger partial charge in [-0.25, -0.2) is 0 Å². The van der Waals surface area contributed by atoms with Gasteiger partial charge in [0.2, 0.25) is 0 Å². The molecule has 0 fully saturated rings. The van der Waals surface area contributed by atoms with Gasteiger partial charge >= 0.3 is 5.97 Å². The summed E-state index contributed by atoms with van der Waals surface area (Å²) in [6.07, 6.45) is 2.41. The average Bonchev–Trinajstić information content (AvgIpc) is 2.33. The molecule has 0 amide bonds. The van der Waals surface area contributed by atoms with Crippen molar-refractivity contribution in [3.05, 3.63) is 35.4 Å². The van der Waals surface area contributed by atoms with Gasteiger partial charge in [-0.3, -0.25) is 4.79 Å². The number of carbonyl (C=O) groups is 1. The summed E-state index contributed by atoms with van der Waals surface area (Å²) >= 11 is 1.88. The van der Waals surface area contributed by atoms with Crippen LogP contribution in [0, 0.1) is 12.8 Å². The van der Waals surface area contributed by atoms with Crippen molar-refractivity contribution in [3.8, 4) is 0 Å². The van der Waals surface area contributed by atoms with Crippen molar-refractivity contribution in [2.24, 2.45) is 5.92 Å². The maximum absolute atomic E-state index is 11.2. The Morgan fingerprint density at radius 3 is 2.83 bits per heavy atom. The van der Waals surface area contributed by atoms with Crippen molar-refractivity contribution < 1.29 is 9.90 Å². The molecule has 0 saturated carbocycles. The maximum atomic E-state index is 11.2. The Kier molecular flexibility index (Phi) is 6.88. The van der Waals surface area contributed by atoms with E-state index in [0.29, 0.717) is 6.42 Å². The van der Waals surface area contributed by atoms with Crippen molar-refractivity contribution in [2.75, 3.05) is 11.5 Å². The summed E-state index contributed by atoms with van der Waals surface area (Å²) in [6, 6.07) is 8.13. The predicted molar refractivity (Wildman–Crippen MR) is 78.2 cm³/mol. The van der Waals surface area contributed by atoms with E-state index in [0.717, 1.165) is 29.9 Å². The van der Waals surface area contributed by atoms with Gasteiger partial charge in [-0.05, 0) is 43.3 Å². The first-order valence-electron chi connectivity index (χ1n) is 6.49. The molecule has 0 aliphatic carbocycles. The normalized spacial score (nSPS) is 12.3. The van der Waals surface area contributed by atoms with E-state index >= 15 is 0 Å². The molecule has 0 aromatic heterocycles. The number of hydrogen-bond donors (Lipinski definition) is 1. The Bertz CT molecular complexity index is 377. The molecule has 2 nitrogen and oxygen atoms in total. The third kappa shape index (κ3) is 5.58. The van der Waals surface area contributed by atoms with Gasteiger partial charge in [-0.2, -0.15) is 11.8 Å². The molecular weight excluding hydrogens is 244 g/mol. The summed E-state index contributed by atoms with van der Waals surface area (Å²) in [7, 11) is 0. The standard InChI is InChI=1S/C15H22O2S/c1-3-18-9-5-8-14(15(16)17)11-13-7-4-6-12(2)10-13/h4,6-7,10,14H,3,5,8-9,11H2,1-2H3,(H,16,17). The molecule has 0 saturated heterocycles. The summed E-state index contributed by atoms with van der Waals surface area (Å²) in [4.78, 5) is 11.2. The number of aryl methyl sites for hydroxylation is 1. The number of thioether (sulfide) groups is 1. The third-order valence-electron chi connectivity index (χ3n) is 2.96. The van der Waals surface area contributed by atoms with Crippen molar-refractivity contribution >= 4 is 17.7 Å². The smallest absolute Gasteiger partial charge is 0.306 e. The second-order valence-electron chi connectivity index (χ2n) is 4.57. The fraction of sp³-hybridized carbons (Fsp3) is 0.533. The maximum Gasteiger partial charge on any atom is 0.306 e. The van der Waals surface area contributed by atoms with Gasteiger partial charge in [-0.15, -0.1) is 0 Å². The Hall–Kier alpha value is -0.960. The van der Waals surface area contributed by atoms with Crippen molar-refractivity contribution in [1.82, 2.24) is 0 Å². The zero-order valence-electron chi connectivity index (χ0n) is 11.2. The molecule has 3 heteroatoms. The quantitative estimate of drug-likeness (QED) is 0.728. The topological polar surface area (TPSA) is 37.3 Å². The molecule has 1 N–H and O–H groups in total. The van der Waals surface area contributed by atoms with Crippen LogP contribution in [0.5, 0.6) is 0 Å². The van der Waals surface area contributed by atoms with Gasteiger partial charge in [0.1, 0.15) is 0 Å². The number of carboxylic acids is 1. The highest BCUT2D eigenvalue weighted by Crippen LogP contribution is 2.17. The van der Waals surface area contributed by atoms with E-state index in [1.807, 2.05) is 36.9 Å². The van der Waals surface area contributed by atoms with E-state index in [9.17, 15) is 9.90 Å². The van der Waals surface area contributed by atoms with Crippen molar-refractivity contribution in [1.29, 1.82) is 0 Å². The third-order valence-corrected chi connectivity index (χ3v) is 3.94. The van der Waals surface area contributed by atoms with Crippen LogP contribution in [0.25, 0.3) is 0 Å². The molecule has 0 bridgehead atoms. The van der Waals surface area contributed by atoms with Crippen molar-refractivity contribution in [2.45, 2.75) is 33.1 Å². The summed E-state index contributed by atoms with van der Waals surface area (Å²) < 4.78 is 0. The van der Waals surface area contributed by atoms with Gasteiger partial charge in [0.25, 0.3) is 0 Å². The van der Waals surface area contributed by atoms with Gasteiger partial charge < -0.3 is 5.11 Å². The zero-order chi connectivity index (χ0) is 13.4. The van der Waals surface area contributed by atoms with Crippen LogP contribution >= 0.6 is 11.8 Å². The van der Waals surface area contributed by atoms with Gasteiger partial charge in [0.05, 0.1) is 5.92 Å². The number of hydrogen-bond acceptors (Lipinski definition) is 2. The zero-order valence-corrected chi connectivity index (χ0v) is 12.0. The van der Waals surface area contributed by atoms with Crippen LogP contribution in [-0.4, -0.2) is 22.6 Å². The molecule has 1 rings (SSSR count). The first-order valence-corrected chi connectivity index (χ1v) is 7.65. The summed E-state index contributed by atoms with van der Waals surface area (Å²) in [5.74, 6) is 1.26. The number of carboxylic acid groups (broad SMARTS) is 1. The Labute approximate surface area is 114 Å². The van der Waals surface area contributed by atoms with E-state index in [1.165, 1.54) is 5.56 Å². The molecule has 1 unspecified atom stereocenters. The molecule has 0 aliphatic heterocycles. The SMILES string of the molecule is CCSCCCC(Cc1cccc(C)c1)C(=O)O. The van der Waals surface area contributed by atoms with E-state index in [4.69, 9.17) is 0 Å². The molecule has 0 radical (unpaired) electrons. The molecule has 1 aromatic rings. The predicted octanol–water partition coefficient (Wildman–Crippen LogP) is 3.77. The molecule has 1 atom stereocenters. The molecule has 0 heterocycles. The second kappa shape index (κ2) is 8.20. The lowest BCUT2D eigenvalue weighted by Gasteiger charge is -2.12.